The van der Waals surface area contributed by atoms with Gasteiger partial charge in [0.1, 0.15) is 6.54 Å². The van der Waals surface area contributed by atoms with Crippen LogP contribution in [0.4, 0.5) is 5.69 Å². The summed E-state index contributed by atoms with van der Waals surface area (Å²) in [7, 11) is 1.27. The molecule has 9 nitrogen and oxygen atoms in total. The Hall–Kier alpha value is -3.23. The van der Waals surface area contributed by atoms with Gasteiger partial charge in [-0.15, -0.1) is 0 Å². The lowest BCUT2D eigenvalue weighted by Crippen LogP contribution is -2.38. The van der Waals surface area contributed by atoms with E-state index < -0.39 is 31.0 Å². The Morgan fingerprint density at radius 3 is 2.20 bits per heavy atom. The van der Waals surface area contributed by atoms with Gasteiger partial charge in [-0.3, -0.25) is 24.1 Å². The molecule has 1 aromatic rings. The van der Waals surface area contributed by atoms with Crippen LogP contribution >= 0.6 is 0 Å². The zero-order chi connectivity index (χ0) is 21.4. The third kappa shape index (κ3) is 3.55. The number of ether oxygens (including phenoxy) is 2. The van der Waals surface area contributed by atoms with Crippen molar-refractivity contribution in [3.05, 3.63) is 29.8 Å². The predicted molar refractivity (Wildman–Crippen MR) is 102 cm³/mol. The van der Waals surface area contributed by atoms with Crippen LogP contribution in [0.25, 0.3) is 0 Å². The van der Waals surface area contributed by atoms with E-state index >= 15 is 0 Å². The lowest BCUT2D eigenvalue weighted by molar-refractivity contribution is -0.154. The van der Waals surface area contributed by atoms with Crippen molar-refractivity contribution in [1.29, 1.82) is 0 Å². The normalized spacial score (nSPS) is 26.5. The molecular formula is C21H22N2O7. The molecule has 0 spiro atoms. The van der Waals surface area contributed by atoms with Crippen LogP contribution in [-0.2, 0) is 28.7 Å². The van der Waals surface area contributed by atoms with Crippen molar-refractivity contribution in [2.24, 2.45) is 23.7 Å². The van der Waals surface area contributed by atoms with Crippen LogP contribution in [0.2, 0.25) is 0 Å². The fourth-order valence-corrected chi connectivity index (χ4v) is 4.95. The maximum atomic E-state index is 12.6. The minimum atomic E-state index is -0.805. The molecule has 1 N–H and O–H groups in total. The summed E-state index contributed by atoms with van der Waals surface area (Å²) in [6, 6.07) is 6.01. The van der Waals surface area contributed by atoms with Crippen LogP contribution in [0, 0.1) is 23.7 Å². The van der Waals surface area contributed by atoms with E-state index in [1.165, 1.54) is 31.4 Å². The second-order valence-electron chi connectivity index (χ2n) is 7.93. The van der Waals surface area contributed by atoms with E-state index in [0.29, 0.717) is 11.3 Å². The molecule has 2 bridgehead atoms. The number of nitrogens with one attached hydrogen (secondary N) is 1. The number of esters is 2. The standard InChI is InChI=1S/C21H22N2O7/c1-29-21(28)11-4-6-14(7-5-11)22-15(24)10-30-16(25)9-23-19(26)17-12-2-3-13(8-12)18(17)20(23)27/h4-7,12-13,17-18H,2-3,8-10H2,1H3,(H,22,24)/t12-,13+,17-,18+. The Bertz CT molecular complexity index is 882. The van der Waals surface area contributed by atoms with Gasteiger partial charge in [-0.25, -0.2) is 4.79 Å². The first-order valence-electron chi connectivity index (χ1n) is 9.88. The first-order chi connectivity index (χ1) is 14.4. The van der Waals surface area contributed by atoms with E-state index in [-0.39, 0.29) is 35.5 Å². The summed E-state index contributed by atoms with van der Waals surface area (Å²) in [5.41, 5.74) is 0.747. The number of fused-ring (bicyclic) bond motifs is 5. The smallest absolute Gasteiger partial charge is 0.337 e. The molecular weight excluding hydrogens is 392 g/mol. The van der Waals surface area contributed by atoms with Crippen LogP contribution in [-0.4, -0.2) is 54.8 Å². The lowest BCUT2D eigenvalue weighted by Gasteiger charge is -2.19. The number of imide groups is 1. The number of rotatable bonds is 6. The van der Waals surface area contributed by atoms with Crippen LogP contribution in [0.3, 0.4) is 0 Å². The summed E-state index contributed by atoms with van der Waals surface area (Å²) in [4.78, 5) is 61.6. The molecule has 0 radical (unpaired) electrons. The molecule has 2 aliphatic carbocycles. The molecule has 9 heteroatoms. The molecule has 4 atom stereocenters. The number of benzene rings is 1. The highest BCUT2D eigenvalue weighted by Crippen LogP contribution is 2.56. The van der Waals surface area contributed by atoms with E-state index in [9.17, 15) is 24.0 Å². The fourth-order valence-electron chi connectivity index (χ4n) is 4.95. The third-order valence-electron chi connectivity index (χ3n) is 6.26. The van der Waals surface area contributed by atoms with Gasteiger partial charge in [0.15, 0.2) is 6.61 Å². The largest absolute Gasteiger partial charge is 0.465 e. The number of carbonyl (C=O) groups is 5. The molecule has 3 aliphatic rings. The third-order valence-corrected chi connectivity index (χ3v) is 6.26. The quantitative estimate of drug-likeness (QED) is 0.544. The van der Waals surface area contributed by atoms with Gasteiger partial charge in [0, 0.05) is 5.69 Å². The summed E-state index contributed by atoms with van der Waals surface area (Å²) >= 11 is 0. The Morgan fingerprint density at radius 1 is 1.03 bits per heavy atom. The molecule has 4 rings (SSSR count). The topological polar surface area (TPSA) is 119 Å². The van der Waals surface area contributed by atoms with Gasteiger partial charge in [0.05, 0.1) is 24.5 Å². The van der Waals surface area contributed by atoms with Crippen molar-refractivity contribution in [1.82, 2.24) is 4.90 Å². The summed E-state index contributed by atoms with van der Waals surface area (Å²) in [6.07, 6.45) is 2.85. The number of likely N-dealkylation sites (tertiary alicyclic amines) is 1. The van der Waals surface area contributed by atoms with Gasteiger partial charge in [-0.2, -0.15) is 0 Å². The second kappa shape index (κ2) is 7.89. The van der Waals surface area contributed by atoms with Gasteiger partial charge in [-0.05, 0) is 55.4 Å². The number of anilines is 1. The Balaban J connectivity index is 1.26. The van der Waals surface area contributed by atoms with Gasteiger partial charge < -0.3 is 14.8 Å². The average Bonchev–Trinajstić information content (AvgIpc) is 3.42. The minimum absolute atomic E-state index is 0.244. The minimum Gasteiger partial charge on any atom is -0.465 e. The molecule has 158 valence electrons. The molecule has 1 aromatic carbocycles. The molecule has 1 heterocycles. The maximum Gasteiger partial charge on any atom is 0.337 e. The molecule has 2 saturated carbocycles. The summed E-state index contributed by atoms with van der Waals surface area (Å²) in [5.74, 6) is -2.55. The molecule has 1 saturated heterocycles. The van der Waals surface area contributed by atoms with Crippen LogP contribution in [0.1, 0.15) is 29.6 Å². The second-order valence-corrected chi connectivity index (χ2v) is 7.93. The van der Waals surface area contributed by atoms with Gasteiger partial charge in [0.25, 0.3) is 5.91 Å². The van der Waals surface area contributed by atoms with Gasteiger partial charge in [-0.1, -0.05) is 0 Å². The summed E-state index contributed by atoms with van der Waals surface area (Å²) < 4.78 is 9.53. The van der Waals surface area contributed by atoms with Gasteiger partial charge >= 0.3 is 11.9 Å². The lowest BCUT2D eigenvalue weighted by atomic mass is 9.81. The highest BCUT2D eigenvalue weighted by molar-refractivity contribution is 6.08. The molecule has 0 unspecified atom stereocenters. The van der Waals surface area contributed by atoms with Crippen LogP contribution < -0.4 is 5.32 Å². The molecule has 3 amide bonds. The Kier molecular flexibility index (Phi) is 5.27. The highest BCUT2D eigenvalue weighted by Gasteiger charge is 2.61. The van der Waals surface area contributed by atoms with Crippen molar-refractivity contribution in [3.8, 4) is 0 Å². The zero-order valence-electron chi connectivity index (χ0n) is 16.5. The number of amides is 3. The predicted octanol–water partition coefficient (Wildman–Crippen LogP) is 0.986. The van der Waals surface area contributed by atoms with Crippen molar-refractivity contribution >= 4 is 35.3 Å². The van der Waals surface area contributed by atoms with E-state index in [1.807, 2.05) is 0 Å². The molecule has 0 aromatic heterocycles. The summed E-state index contributed by atoms with van der Waals surface area (Å²) in [6.45, 7) is -1.02. The van der Waals surface area contributed by atoms with Crippen LogP contribution in [0.5, 0.6) is 0 Å². The van der Waals surface area contributed by atoms with Crippen LogP contribution in [0.15, 0.2) is 24.3 Å². The van der Waals surface area contributed by atoms with E-state index in [0.717, 1.165) is 24.2 Å². The molecule has 1 aliphatic heterocycles. The van der Waals surface area contributed by atoms with E-state index in [1.54, 1.807) is 0 Å². The highest BCUT2D eigenvalue weighted by atomic mass is 16.5. The summed E-state index contributed by atoms with van der Waals surface area (Å²) in [5, 5.41) is 2.53. The molecule has 3 fully saturated rings. The van der Waals surface area contributed by atoms with Crippen molar-refractivity contribution in [3.63, 3.8) is 0 Å². The Morgan fingerprint density at radius 2 is 1.63 bits per heavy atom. The number of hydrogen-bond donors (Lipinski definition) is 1. The number of hydrogen-bond acceptors (Lipinski definition) is 7. The number of carbonyl (C=O) groups excluding carboxylic acids is 5. The van der Waals surface area contributed by atoms with Gasteiger partial charge in [0.2, 0.25) is 11.8 Å². The SMILES string of the molecule is COC(=O)c1ccc(NC(=O)COC(=O)CN2C(=O)[C@@H]3[C@@H]4CC[C@@H](C4)[C@@H]3C2=O)cc1. The van der Waals surface area contributed by atoms with E-state index in [2.05, 4.69) is 10.1 Å². The zero-order valence-corrected chi connectivity index (χ0v) is 16.5. The maximum absolute atomic E-state index is 12.6. The number of methoxy groups -OCH3 is 1. The first kappa shape index (κ1) is 20.1. The monoisotopic (exact) mass is 414 g/mol. The number of nitrogens with zero attached hydrogens (tertiary/aromatic N) is 1. The fraction of sp³-hybridized carbons (Fsp3) is 0.476. The van der Waals surface area contributed by atoms with Crippen molar-refractivity contribution < 1.29 is 33.4 Å². The van der Waals surface area contributed by atoms with E-state index in [4.69, 9.17) is 4.74 Å². The Labute approximate surface area is 172 Å². The average molecular weight is 414 g/mol. The molecule has 30 heavy (non-hydrogen) atoms. The van der Waals surface area contributed by atoms with Crippen molar-refractivity contribution in [2.45, 2.75) is 19.3 Å². The van der Waals surface area contributed by atoms with Crippen molar-refractivity contribution in [2.75, 3.05) is 25.6 Å². The first-order valence-corrected chi connectivity index (χ1v) is 9.88.